The molecule has 3 aromatic rings. The molecule has 2 saturated carbocycles. The summed E-state index contributed by atoms with van der Waals surface area (Å²) in [6.07, 6.45) is 2.60. The Kier molecular flexibility index (Phi) is 12.2. The number of amides is 1. The topological polar surface area (TPSA) is 156 Å². The molecule has 2 aliphatic carbocycles. The Hall–Kier alpha value is -2.74. The number of nitrogens with zero attached hydrogens (tertiary/aromatic N) is 2. The van der Waals surface area contributed by atoms with Gasteiger partial charge in [0.05, 0.1) is 12.7 Å². The molecule has 4 atom stereocenters. The number of pyridine rings is 1. The standard InChI is InChI=1S/C35H44ClN3O7S/c1-39(20-29(41)33(44)34(45)30(42)21-40)32(43)7-4-16-47-24-10-11-28(36)22(17-24)18-38-35(13-14-35)27-19-37-15-12-25(27)26-5-2-3-6-31(26)46-23-8-9-23/h2-3,5-6,10-12,15,17,19,23,29-30,33-34,38,40-42,44-45H,4,7-9,13-14,16,18,20-21H2,1H3/t29-,30+,33+,34+/m0/s1. The lowest BCUT2D eigenvalue weighted by Gasteiger charge is -2.28. The Morgan fingerprint density at radius 2 is 1.83 bits per heavy atom. The summed E-state index contributed by atoms with van der Waals surface area (Å²) in [5.41, 5.74) is 4.15. The van der Waals surface area contributed by atoms with Crippen LogP contribution in [0, 0.1) is 0 Å². The number of halogens is 1. The van der Waals surface area contributed by atoms with Crippen LogP contribution in [0.15, 0.2) is 65.8 Å². The number of thioether (sulfide) groups is 1. The highest BCUT2D eigenvalue weighted by atomic mass is 35.5. The first-order valence-electron chi connectivity index (χ1n) is 16.1. The summed E-state index contributed by atoms with van der Waals surface area (Å²) in [7, 11) is 1.50. The average molecular weight is 686 g/mol. The maximum atomic E-state index is 12.6. The third-order valence-corrected chi connectivity index (χ3v) is 10.2. The lowest BCUT2D eigenvalue weighted by Crippen LogP contribution is -2.49. The SMILES string of the molecule is CN(C[C@H](O)[C@@H](O)[C@H](O)[C@H](O)CO)C(=O)CCCSc1ccc(Cl)c(CNC2(c3cnccc3-c3ccccc3OC3CC3)CC2)c1. The minimum absolute atomic E-state index is 0.199. The van der Waals surface area contributed by atoms with Gasteiger partial charge in [-0.05, 0) is 84.9 Å². The number of ether oxygens (including phenoxy) is 1. The minimum Gasteiger partial charge on any atom is -0.490 e. The highest BCUT2D eigenvalue weighted by Gasteiger charge is 2.46. The van der Waals surface area contributed by atoms with E-state index >= 15 is 0 Å². The molecular weight excluding hydrogens is 642 g/mol. The fourth-order valence-electron chi connectivity index (χ4n) is 5.53. The van der Waals surface area contributed by atoms with E-state index in [1.807, 2.05) is 42.7 Å². The van der Waals surface area contributed by atoms with Gasteiger partial charge < -0.3 is 40.5 Å². The van der Waals surface area contributed by atoms with E-state index in [0.717, 1.165) is 58.6 Å². The lowest BCUT2D eigenvalue weighted by molar-refractivity contribution is -0.138. The fraction of sp³-hybridized carbons (Fsp3) is 0.486. The number of carbonyl (C=O) groups excluding carboxylic acids is 1. The van der Waals surface area contributed by atoms with E-state index in [9.17, 15) is 25.2 Å². The predicted molar refractivity (Wildman–Crippen MR) is 181 cm³/mol. The summed E-state index contributed by atoms with van der Waals surface area (Å²) in [5.74, 6) is 1.37. The normalized spacial score (nSPS) is 17.9. The monoisotopic (exact) mass is 685 g/mol. The van der Waals surface area contributed by atoms with Crippen molar-refractivity contribution in [3.63, 3.8) is 0 Å². The number of hydrogen-bond acceptors (Lipinski definition) is 10. The third-order valence-electron chi connectivity index (χ3n) is 8.73. The number of rotatable bonds is 18. The van der Waals surface area contributed by atoms with Gasteiger partial charge in [0, 0.05) is 60.0 Å². The van der Waals surface area contributed by atoms with Gasteiger partial charge >= 0.3 is 0 Å². The number of aliphatic hydroxyl groups is 5. The molecule has 5 rings (SSSR count). The van der Waals surface area contributed by atoms with Crippen LogP contribution in [0.25, 0.3) is 11.1 Å². The highest BCUT2D eigenvalue weighted by molar-refractivity contribution is 7.99. The van der Waals surface area contributed by atoms with Gasteiger partial charge in [-0.3, -0.25) is 9.78 Å². The first-order valence-corrected chi connectivity index (χ1v) is 17.4. The van der Waals surface area contributed by atoms with Gasteiger partial charge in [0.1, 0.15) is 30.2 Å². The molecular formula is C35H44ClN3O7S. The van der Waals surface area contributed by atoms with Crippen molar-refractivity contribution >= 4 is 29.3 Å². The van der Waals surface area contributed by atoms with Gasteiger partial charge in [-0.25, -0.2) is 0 Å². The molecule has 6 N–H and O–H groups in total. The summed E-state index contributed by atoms with van der Waals surface area (Å²) in [5, 5.41) is 52.9. The molecule has 0 saturated heterocycles. The number of benzene rings is 2. The van der Waals surface area contributed by atoms with Crippen LogP contribution < -0.4 is 10.1 Å². The Morgan fingerprint density at radius 1 is 1.09 bits per heavy atom. The second-order valence-corrected chi connectivity index (χ2v) is 14.0. The summed E-state index contributed by atoms with van der Waals surface area (Å²) >= 11 is 8.26. The van der Waals surface area contributed by atoms with Crippen LogP contribution in [0.4, 0.5) is 0 Å². The van der Waals surface area contributed by atoms with E-state index in [0.29, 0.717) is 29.8 Å². The van der Waals surface area contributed by atoms with Crippen LogP contribution in [0.3, 0.4) is 0 Å². The maximum absolute atomic E-state index is 12.6. The number of nitrogens with one attached hydrogen (secondary N) is 1. The summed E-state index contributed by atoms with van der Waals surface area (Å²) in [6.45, 7) is -0.399. The summed E-state index contributed by atoms with van der Waals surface area (Å²) < 4.78 is 6.24. The van der Waals surface area contributed by atoms with Gasteiger partial charge in [-0.15, -0.1) is 11.8 Å². The number of hydrogen-bond donors (Lipinski definition) is 6. The van der Waals surface area contributed by atoms with Crippen LogP contribution in [0.1, 0.15) is 49.7 Å². The minimum atomic E-state index is -1.73. The van der Waals surface area contributed by atoms with Crippen molar-refractivity contribution < 1.29 is 35.1 Å². The average Bonchev–Trinajstić information content (AvgIpc) is 4.03. The summed E-state index contributed by atoms with van der Waals surface area (Å²) in [4.78, 5) is 19.4. The largest absolute Gasteiger partial charge is 0.490 e. The van der Waals surface area contributed by atoms with Crippen molar-refractivity contribution in [2.75, 3.05) is 26.0 Å². The Bertz CT molecular complexity index is 1510. The highest BCUT2D eigenvalue weighted by Crippen LogP contribution is 2.50. The molecule has 0 bridgehead atoms. The first-order chi connectivity index (χ1) is 22.6. The van der Waals surface area contributed by atoms with Gasteiger partial charge in [0.25, 0.3) is 0 Å². The molecule has 2 aliphatic rings. The van der Waals surface area contributed by atoms with Crippen molar-refractivity contribution in [2.45, 2.75) is 86.0 Å². The molecule has 0 aliphatic heterocycles. The predicted octanol–water partition coefficient (Wildman–Crippen LogP) is 3.49. The van der Waals surface area contributed by atoms with Crippen LogP contribution in [-0.4, -0.2) is 97.8 Å². The number of aromatic nitrogens is 1. The fourth-order valence-corrected chi connectivity index (χ4v) is 6.63. The van der Waals surface area contributed by atoms with Crippen molar-refractivity contribution in [1.82, 2.24) is 15.2 Å². The third kappa shape index (κ3) is 9.24. The van der Waals surface area contributed by atoms with E-state index in [4.69, 9.17) is 21.4 Å². The number of carbonyl (C=O) groups is 1. The van der Waals surface area contributed by atoms with E-state index in [2.05, 4.69) is 28.5 Å². The number of aliphatic hydroxyl groups excluding tert-OH is 5. The Morgan fingerprint density at radius 3 is 2.55 bits per heavy atom. The zero-order valence-corrected chi connectivity index (χ0v) is 28.0. The van der Waals surface area contributed by atoms with Crippen molar-refractivity contribution in [3.05, 3.63) is 77.1 Å². The maximum Gasteiger partial charge on any atom is 0.222 e. The van der Waals surface area contributed by atoms with E-state index in [1.54, 1.807) is 11.8 Å². The molecule has 1 heterocycles. The smallest absolute Gasteiger partial charge is 0.222 e. The van der Waals surface area contributed by atoms with Crippen molar-refractivity contribution in [1.29, 1.82) is 0 Å². The van der Waals surface area contributed by atoms with Gasteiger partial charge in [-0.1, -0.05) is 29.8 Å². The van der Waals surface area contributed by atoms with E-state index < -0.39 is 31.0 Å². The molecule has 0 radical (unpaired) electrons. The van der Waals surface area contributed by atoms with Gasteiger partial charge in [0.15, 0.2) is 0 Å². The number of likely N-dealkylation sites (N-methyl/N-ethyl adjacent to an activating group) is 1. The quantitative estimate of drug-likeness (QED) is 0.0866. The molecule has 10 nitrogen and oxygen atoms in total. The second kappa shape index (κ2) is 16.1. The molecule has 1 amide bonds. The lowest BCUT2D eigenvalue weighted by atomic mass is 9.94. The van der Waals surface area contributed by atoms with Gasteiger partial charge in [-0.2, -0.15) is 0 Å². The number of para-hydroxylation sites is 1. The van der Waals surface area contributed by atoms with Gasteiger partial charge in [0.2, 0.25) is 5.91 Å². The molecule has 0 spiro atoms. The zero-order chi connectivity index (χ0) is 33.6. The molecule has 12 heteroatoms. The van der Waals surface area contributed by atoms with E-state index in [-0.39, 0.29) is 24.4 Å². The molecule has 2 aromatic carbocycles. The Labute approximate surface area is 284 Å². The van der Waals surface area contributed by atoms with Crippen LogP contribution in [0.2, 0.25) is 5.02 Å². The Balaban J connectivity index is 1.13. The van der Waals surface area contributed by atoms with E-state index in [1.165, 1.54) is 11.9 Å². The molecule has 47 heavy (non-hydrogen) atoms. The molecule has 254 valence electrons. The molecule has 2 fully saturated rings. The van der Waals surface area contributed by atoms with Crippen molar-refractivity contribution in [3.8, 4) is 16.9 Å². The van der Waals surface area contributed by atoms with Crippen LogP contribution in [-0.2, 0) is 16.9 Å². The molecule has 0 unspecified atom stereocenters. The first kappa shape index (κ1) is 35.6. The summed E-state index contributed by atoms with van der Waals surface area (Å²) in [6, 6.07) is 16.2. The second-order valence-electron chi connectivity index (χ2n) is 12.4. The van der Waals surface area contributed by atoms with Crippen LogP contribution >= 0.6 is 23.4 Å². The van der Waals surface area contributed by atoms with Crippen molar-refractivity contribution in [2.24, 2.45) is 0 Å². The zero-order valence-electron chi connectivity index (χ0n) is 26.5. The molecule has 1 aromatic heterocycles. The van der Waals surface area contributed by atoms with Crippen LogP contribution in [0.5, 0.6) is 5.75 Å².